The van der Waals surface area contributed by atoms with Crippen molar-refractivity contribution in [3.05, 3.63) is 299 Å². The molecular weight excluding hydrogens is 937 g/mol. The zero-order valence-corrected chi connectivity index (χ0v) is 42.4. The average Bonchev–Trinajstić information content (AvgIpc) is 4.23. The summed E-state index contributed by atoms with van der Waals surface area (Å²) in [5.41, 5.74) is 18.3. The van der Waals surface area contributed by atoms with Crippen LogP contribution in [0.3, 0.4) is 0 Å². The summed E-state index contributed by atoms with van der Waals surface area (Å²) in [6, 6.07) is 94.8. The lowest BCUT2D eigenvalue weighted by molar-refractivity contribution is 0.769. The third-order valence-electron chi connectivity index (χ3n) is 16.2. The lowest BCUT2D eigenvalue weighted by Crippen LogP contribution is -2.28. The molecule has 0 saturated heterocycles. The number of thiol groups is 1. The first-order chi connectivity index (χ1) is 36.1. The van der Waals surface area contributed by atoms with Gasteiger partial charge in [-0.15, -0.1) is 22.7 Å². The molecule has 3 heteroatoms. The normalized spacial score (nSPS) is 13.9. The molecule has 0 radical (unpaired) electrons. The summed E-state index contributed by atoms with van der Waals surface area (Å²) in [6.07, 6.45) is 0.936. The van der Waals surface area contributed by atoms with Crippen LogP contribution in [0.25, 0.3) is 84.9 Å². The SMILES string of the molecule is SCCc1ccc2cc(-c3c4cc5c(cc4c(-c4cc6ccccc6s4)c4cc6c(cc34)C(c3ccccc3)(c3ccccc3)c3ccccc3-6)C(c3ccccc3)(c3ccccc3)c3ccccc3-5)sc2c1. The van der Waals surface area contributed by atoms with Crippen LogP contribution in [-0.4, -0.2) is 5.75 Å². The first-order valence-corrected chi connectivity index (χ1v) is 27.6. The topological polar surface area (TPSA) is 0 Å². The van der Waals surface area contributed by atoms with E-state index >= 15 is 0 Å². The van der Waals surface area contributed by atoms with Crippen molar-refractivity contribution < 1.29 is 0 Å². The van der Waals surface area contributed by atoms with Gasteiger partial charge < -0.3 is 0 Å². The first kappa shape index (κ1) is 42.9. The number of benzene rings is 11. The Bertz CT molecular complexity index is 4200. The predicted molar refractivity (Wildman–Crippen MR) is 315 cm³/mol. The minimum Gasteiger partial charge on any atom is -0.179 e. The molecule has 344 valence electrons. The highest BCUT2D eigenvalue weighted by atomic mass is 32.1. The van der Waals surface area contributed by atoms with Crippen molar-refractivity contribution in [2.24, 2.45) is 0 Å². The number of thiophene rings is 2. The van der Waals surface area contributed by atoms with Crippen LogP contribution >= 0.6 is 35.3 Å². The van der Waals surface area contributed by atoms with Gasteiger partial charge in [0.05, 0.1) is 10.8 Å². The summed E-state index contributed by atoms with van der Waals surface area (Å²) in [6.45, 7) is 0. The van der Waals surface area contributed by atoms with E-state index in [0.29, 0.717) is 0 Å². The fraction of sp³-hybridized carbons (Fsp3) is 0.0571. The van der Waals surface area contributed by atoms with Gasteiger partial charge in [-0.25, -0.2) is 0 Å². The van der Waals surface area contributed by atoms with E-state index < -0.39 is 10.8 Å². The van der Waals surface area contributed by atoms with Gasteiger partial charge in [0.25, 0.3) is 0 Å². The summed E-state index contributed by atoms with van der Waals surface area (Å²) in [7, 11) is 0. The number of rotatable bonds is 8. The summed E-state index contributed by atoms with van der Waals surface area (Å²) in [4.78, 5) is 2.56. The lowest BCUT2D eigenvalue weighted by atomic mass is 9.67. The Morgan fingerprint density at radius 1 is 0.315 bits per heavy atom. The predicted octanol–water partition coefficient (Wildman–Crippen LogP) is 19.0. The van der Waals surface area contributed by atoms with Gasteiger partial charge in [-0.05, 0) is 165 Å². The Labute approximate surface area is 438 Å². The van der Waals surface area contributed by atoms with E-state index in [1.807, 2.05) is 22.7 Å². The number of fused-ring (bicyclic) bond motifs is 10. The molecule has 0 atom stereocenters. The molecule has 2 aliphatic rings. The first-order valence-electron chi connectivity index (χ1n) is 25.3. The van der Waals surface area contributed by atoms with Gasteiger partial charge in [-0.2, -0.15) is 12.6 Å². The summed E-state index contributed by atoms with van der Waals surface area (Å²) in [5.74, 6) is 0.816. The van der Waals surface area contributed by atoms with Crippen LogP contribution in [0.4, 0.5) is 0 Å². The highest BCUT2D eigenvalue weighted by Gasteiger charge is 2.48. The molecule has 11 aromatic carbocycles. The molecule has 13 aromatic rings. The van der Waals surface area contributed by atoms with Gasteiger partial charge in [0.15, 0.2) is 0 Å². The van der Waals surface area contributed by atoms with Crippen LogP contribution in [0.15, 0.2) is 249 Å². The fourth-order valence-corrected chi connectivity index (χ4v) is 15.8. The van der Waals surface area contributed by atoms with Crippen molar-refractivity contribution >= 4 is 77.0 Å². The largest absolute Gasteiger partial charge is 0.179 e. The van der Waals surface area contributed by atoms with Crippen molar-refractivity contribution in [3.8, 4) is 43.1 Å². The van der Waals surface area contributed by atoms with E-state index in [0.717, 1.165) is 12.2 Å². The van der Waals surface area contributed by atoms with Gasteiger partial charge in [-0.3, -0.25) is 0 Å². The highest BCUT2D eigenvalue weighted by Crippen LogP contribution is 2.62. The van der Waals surface area contributed by atoms with Gasteiger partial charge >= 0.3 is 0 Å². The second kappa shape index (κ2) is 16.6. The quantitative estimate of drug-likeness (QED) is 0.114. The zero-order valence-electron chi connectivity index (χ0n) is 39.8. The minimum absolute atomic E-state index is 0.557. The molecule has 2 aromatic heterocycles. The zero-order chi connectivity index (χ0) is 48.3. The van der Waals surface area contributed by atoms with Crippen molar-refractivity contribution in [1.82, 2.24) is 0 Å². The Kier molecular flexibility index (Phi) is 9.76. The molecule has 0 amide bonds. The van der Waals surface area contributed by atoms with Crippen LogP contribution < -0.4 is 0 Å². The Hall–Kier alpha value is -7.79. The summed E-state index contributed by atoms with van der Waals surface area (Å²) in [5, 5.41) is 7.63. The summed E-state index contributed by atoms with van der Waals surface area (Å²) < 4.78 is 2.60. The number of aryl methyl sites for hydroxylation is 1. The molecule has 0 fully saturated rings. The molecule has 0 unspecified atom stereocenters. The monoisotopic (exact) mass is 982 g/mol. The maximum Gasteiger partial charge on any atom is 0.0713 e. The van der Waals surface area contributed by atoms with Crippen molar-refractivity contribution in [2.45, 2.75) is 17.3 Å². The fourth-order valence-electron chi connectivity index (χ4n) is 13.2. The molecule has 0 saturated carbocycles. The number of hydrogen-bond acceptors (Lipinski definition) is 3. The van der Waals surface area contributed by atoms with Crippen LogP contribution in [0.1, 0.15) is 50.1 Å². The smallest absolute Gasteiger partial charge is 0.0713 e. The number of hydrogen-bond donors (Lipinski definition) is 1. The maximum absolute atomic E-state index is 4.66. The van der Waals surface area contributed by atoms with Crippen molar-refractivity contribution in [2.75, 3.05) is 5.75 Å². The molecule has 0 N–H and O–H groups in total. The maximum atomic E-state index is 4.66. The van der Waals surface area contributed by atoms with E-state index in [1.54, 1.807) is 0 Å². The minimum atomic E-state index is -0.559. The molecule has 2 aliphatic carbocycles. The molecule has 0 aliphatic heterocycles. The van der Waals surface area contributed by atoms with Gasteiger partial charge in [0.2, 0.25) is 0 Å². The van der Waals surface area contributed by atoms with E-state index in [4.69, 9.17) is 0 Å². The molecule has 2 heterocycles. The van der Waals surface area contributed by atoms with Gasteiger partial charge in [-0.1, -0.05) is 200 Å². The highest BCUT2D eigenvalue weighted by molar-refractivity contribution is 7.80. The Morgan fingerprint density at radius 2 is 0.712 bits per heavy atom. The van der Waals surface area contributed by atoms with E-state index in [2.05, 4.69) is 261 Å². The Balaban J connectivity index is 1.17. The molecular formula is C70H46S3. The lowest BCUT2D eigenvalue weighted by Gasteiger charge is -2.34. The molecule has 15 rings (SSSR count). The van der Waals surface area contributed by atoms with E-state index in [-0.39, 0.29) is 0 Å². The standard InChI is InChI=1S/C70H46S3/c71-36-35-44-33-34-46-39-66(73-64(46)37-44)68-56-41-54-52-29-15-17-31-60(52)69(47-20-5-1-6-21-47,48-22-7-2-8-23-48)61(54)42-57(56)67(65-38-45-19-13-18-32-63(45)72-65)55-40-53-51-28-14-16-30-59(51)70(62(53)43-58(55)68,49-24-9-3-10-25-49)50-26-11-4-12-27-50/h1-34,37-43,71H,35-36H2. The van der Waals surface area contributed by atoms with Crippen LogP contribution in [-0.2, 0) is 17.3 Å². The molecule has 0 bridgehead atoms. The second-order valence-corrected chi connectivity index (χ2v) is 22.4. The third kappa shape index (κ3) is 6.14. The average molecular weight is 983 g/mol. The van der Waals surface area contributed by atoms with E-state index in [9.17, 15) is 0 Å². The van der Waals surface area contributed by atoms with Gasteiger partial charge in [0.1, 0.15) is 0 Å². The van der Waals surface area contributed by atoms with Crippen molar-refractivity contribution in [3.63, 3.8) is 0 Å². The van der Waals surface area contributed by atoms with Crippen LogP contribution in [0.2, 0.25) is 0 Å². The molecule has 0 nitrogen and oxygen atoms in total. The Morgan fingerprint density at radius 3 is 1.18 bits per heavy atom. The van der Waals surface area contributed by atoms with E-state index in [1.165, 1.54) is 135 Å². The summed E-state index contributed by atoms with van der Waals surface area (Å²) >= 11 is 8.50. The molecule has 0 spiro atoms. The van der Waals surface area contributed by atoms with Gasteiger partial charge in [0, 0.05) is 30.3 Å². The van der Waals surface area contributed by atoms with Crippen LogP contribution in [0, 0.1) is 0 Å². The third-order valence-corrected chi connectivity index (χ3v) is 18.6. The van der Waals surface area contributed by atoms with Crippen LogP contribution in [0.5, 0.6) is 0 Å². The molecule has 73 heavy (non-hydrogen) atoms. The van der Waals surface area contributed by atoms with Crippen molar-refractivity contribution in [1.29, 1.82) is 0 Å². The second-order valence-electron chi connectivity index (χ2n) is 19.8.